The van der Waals surface area contributed by atoms with Crippen LogP contribution in [-0.4, -0.2) is 31.5 Å². The Hall–Kier alpha value is -2.44. The predicted molar refractivity (Wildman–Crippen MR) is 83.3 cm³/mol. The van der Waals surface area contributed by atoms with Crippen LogP contribution in [0, 0.1) is 0 Å². The number of nitrogens with zero attached hydrogens (tertiary/aromatic N) is 3. The van der Waals surface area contributed by atoms with Crippen LogP contribution in [0.25, 0.3) is 0 Å². The molecule has 0 aromatic carbocycles. The quantitative estimate of drug-likeness (QED) is 0.882. The molecule has 120 valence electrons. The van der Waals surface area contributed by atoms with Gasteiger partial charge in [0.25, 0.3) is 11.5 Å². The van der Waals surface area contributed by atoms with Crippen molar-refractivity contribution in [3.8, 4) is 0 Å². The minimum atomic E-state index is -0.154. The Balaban J connectivity index is 1.39. The van der Waals surface area contributed by atoms with Crippen LogP contribution in [0.15, 0.2) is 23.3 Å². The predicted octanol–water partition coefficient (Wildman–Crippen LogP) is 1.06. The fourth-order valence-corrected chi connectivity index (χ4v) is 3.07. The van der Waals surface area contributed by atoms with E-state index in [1.807, 2.05) is 0 Å². The van der Waals surface area contributed by atoms with Gasteiger partial charge in [0, 0.05) is 43.4 Å². The number of imidazole rings is 1. The molecular weight excluding hydrogens is 294 g/mol. The maximum atomic E-state index is 12.1. The molecule has 23 heavy (non-hydrogen) atoms. The Labute approximate surface area is 133 Å². The van der Waals surface area contributed by atoms with E-state index < -0.39 is 0 Å². The topological polar surface area (TPSA) is 92.7 Å². The van der Waals surface area contributed by atoms with Gasteiger partial charge in [0.1, 0.15) is 5.82 Å². The summed E-state index contributed by atoms with van der Waals surface area (Å²) < 4.78 is 1.70. The molecule has 2 heterocycles. The molecule has 2 aromatic rings. The third kappa shape index (κ3) is 2.78. The fourth-order valence-electron chi connectivity index (χ4n) is 3.07. The van der Waals surface area contributed by atoms with Gasteiger partial charge in [-0.2, -0.15) is 0 Å². The molecule has 0 unspecified atom stereocenters. The Morgan fingerprint density at radius 1 is 1.35 bits per heavy atom. The molecule has 0 atom stereocenters. The van der Waals surface area contributed by atoms with Gasteiger partial charge in [-0.15, -0.1) is 0 Å². The molecule has 2 aliphatic rings. The highest BCUT2D eigenvalue weighted by Crippen LogP contribution is 2.40. The van der Waals surface area contributed by atoms with Gasteiger partial charge >= 0.3 is 0 Å². The first-order valence-electron chi connectivity index (χ1n) is 7.99. The Morgan fingerprint density at radius 2 is 2.13 bits per heavy atom. The molecule has 0 aliphatic heterocycles. The summed E-state index contributed by atoms with van der Waals surface area (Å²) in [6.45, 7) is 0. The molecule has 2 fully saturated rings. The van der Waals surface area contributed by atoms with Crippen molar-refractivity contribution in [3.05, 3.63) is 46.2 Å². The molecule has 7 heteroatoms. The molecule has 0 spiro atoms. The lowest BCUT2D eigenvalue weighted by atomic mass is 9.78. The number of aryl methyl sites for hydroxylation is 1. The Kier molecular flexibility index (Phi) is 3.28. The largest absolute Gasteiger partial charge is 0.347 e. The van der Waals surface area contributed by atoms with Gasteiger partial charge in [-0.05, 0) is 25.7 Å². The maximum absolute atomic E-state index is 12.1. The molecule has 2 aromatic heterocycles. The number of amides is 1. The second kappa shape index (κ2) is 5.33. The second-order valence-electron chi connectivity index (χ2n) is 6.53. The van der Waals surface area contributed by atoms with Crippen LogP contribution in [0.1, 0.15) is 59.7 Å². The lowest BCUT2D eigenvalue weighted by Crippen LogP contribution is -2.44. The van der Waals surface area contributed by atoms with E-state index >= 15 is 0 Å². The van der Waals surface area contributed by atoms with E-state index in [1.165, 1.54) is 0 Å². The van der Waals surface area contributed by atoms with Crippen molar-refractivity contribution in [2.75, 3.05) is 0 Å². The monoisotopic (exact) mass is 313 g/mol. The molecule has 4 rings (SSSR count). The van der Waals surface area contributed by atoms with Crippen molar-refractivity contribution in [1.82, 2.24) is 24.8 Å². The summed E-state index contributed by atoms with van der Waals surface area (Å²) in [7, 11) is 1.80. The van der Waals surface area contributed by atoms with E-state index in [2.05, 4.69) is 20.3 Å². The number of carbonyl (C=O) groups excluding carboxylic acids is 1. The van der Waals surface area contributed by atoms with Gasteiger partial charge in [0.2, 0.25) is 0 Å². The lowest BCUT2D eigenvalue weighted by Gasteiger charge is -2.35. The van der Waals surface area contributed by atoms with Crippen LogP contribution in [0.5, 0.6) is 0 Å². The molecule has 2 saturated carbocycles. The van der Waals surface area contributed by atoms with E-state index in [4.69, 9.17) is 0 Å². The van der Waals surface area contributed by atoms with Gasteiger partial charge in [0.05, 0.1) is 5.69 Å². The molecule has 7 nitrogen and oxygen atoms in total. The highest BCUT2D eigenvalue weighted by molar-refractivity contribution is 5.91. The summed E-state index contributed by atoms with van der Waals surface area (Å²) in [5.41, 5.74) is 0.788. The molecular formula is C16H19N5O2. The van der Waals surface area contributed by atoms with Crippen LogP contribution in [0.3, 0.4) is 0 Å². The van der Waals surface area contributed by atoms with Gasteiger partial charge in [-0.3, -0.25) is 9.59 Å². The van der Waals surface area contributed by atoms with Crippen molar-refractivity contribution in [3.63, 3.8) is 0 Å². The Bertz CT molecular complexity index is 799. The minimum Gasteiger partial charge on any atom is -0.347 e. The fraction of sp³-hybridized carbons (Fsp3) is 0.500. The molecule has 0 bridgehead atoms. The normalized spacial score (nSPS) is 23.3. The lowest BCUT2D eigenvalue weighted by molar-refractivity contribution is 0.0894. The number of rotatable bonds is 4. The van der Waals surface area contributed by atoms with Crippen LogP contribution in [0.2, 0.25) is 0 Å². The highest BCUT2D eigenvalue weighted by atomic mass is 16.2. The van der Waals surface area contributed by atoms with Crippen LogP contribution in [0.4, 0.5) is 0 Å². The van der Waals surface area contributed by atoms with Crippen molar-refractivity contribution in [2.45, 2.75) is 43.6 Å². The standard InChI is InChI=1S/C16H19N5O2/c1-21-5-4-17-15(21)16(23)18-11-6-10(7-11)12-8-13(22)20-14(19-12)9-2-3-9/h4-5,8-11H,2-3,6-7H2,1H3,(H,18,23)(H,19,20,22). The number of H-pyrrole nitrogens is 1. The number of hydrogen-bond acceptors (Lipinski definition) is 4. The van der Waals surface area contributed by atoms with Crippen molar-refractivity contribution in [1.29, 1.82) is 0 Å². The van der Waals surface area contributed by atoms with Crippen LogP contribution in [-0.2, 0) is 7.05 Å². The SMILES string of the molecule is Cn1ccnc1C(=O)NC1CC(c2cc(=O)[nH]c(C3CC3)n2)C1. The zero-order valence-electron chi connectivity index (χ0n) is 13.0. The number of aromatic amines is 1. The van der Waals surface area contributed by atoms with E-state index in [0.717, 1.165) is 37.2 Å². The summed E-state index contributed by atoms with van der Waals surface area (Å²) in [4.78, 5) is 35.4. The third-order valence-corrected chi connectivity index (χ3v) is 4.66. The molecule has 2 aliphatic carbocycles. The van der Waals surface area contributed by atoms with Crippen molar-refractivity contribution in [2.24, 2.45) is 7.05 Å². The molecule has 0 saturated heterocycles. The number of carbonyl (C=O) groups is 1. The van der Waals surface area contributed by atoms with E-state index in [9.17, 15) is 9.59 Å². The summed E-state index contributed by atoms with van der Waals surface area (Å²) >= 11 is 0. The molecule has 0 radical (unpaired) electrons. The third-order valence-electron chi connectivity index (χ3n) is 4.66. The maximum Gasteiger partial charge on any atom is 0.287 e. The van der Waals surface area contributed by atoms with Gasteiger partial charge in [0.15, 0.2) is 5.82 Å². The average Bonchev–Trinajstić information content (AvgIpc) is 3.23. The molecule has 2 N–H and O–H groups in total. The molecule has 1 amide bonds. The van der Waals surface area contributed by atoms with Gasteiger partial charge in [-0.25, -0.2) is 9.97 Å². The highest BCUT2D eigenvalue weighted by Gasteiger charge is 2.34. The second-order valence-corrected chi connectivity index (χ2v) is 6.53. The van der Waals surface area contributed by atoms with Gasteiger partial charge in [-0.1, -0.05) is 0 Å². The summed E-state index contributed by atoms with van der Waals surface area (Å²) in [6, 6.07) is 1.71. The smallest absolute Gasteiger partial charge is 0.287 e. The number of aromatic nitrogens is 4. The summed E-state index contributed by atoms with van der Waals surface area (Å²) in [5, 5.41) is 2.99. The van der Waals surface area contributed by atoms with Gasteiger partial charge < -0.3 is 14.9 Å². The first kappa shape index (κ1) is 14.2. The Morgan fingerprint density at radius 3 is 2.78 bits per heavy atom. The van der Waals surface area contributed by atoms with Crippen LogP contribution >= 0.6 is 0 Å². The first-order valence-corrected chi connectivity index (χ1v) is 7.99. The zero-order valence-corrected chi connectivity index (χ0v) is 13.0. The van der Waals surface area contributed by atoms with E-state index in [1.54, 1.807) is 30.1 Å². The van der Waals surface area contributed by atoms with E-state index in [-0.39, 0.29) is 23.4 Å². The van der Waals surface area contributed by atoms with Crippen LogP contribution < -0.4 is 10.9 Å². The van der Waals surface area contributed by atoms with Crippen molar-refractivity contribution >= 4 is 5.91 Å². The minimum absolute atomic E-state index is 0.0719. The summed E-state index contributed by atoms with van der Waals surface area (Å²) in [6.07, 6.45) is 7.21. The summed E-state index contributed by atoms with van der Waals surface area (Å²) in [5.74, 6) is 1.77. The van der Waals surface area contributed by atoms with E-state index in [0.29, 0.717) is 11.7 Å². The first-order chi connectivity index (χ1) is 11.1. The zero-order chi connectivity index (χ0) is 16.0. The number of hydrogen-bond donors (Lipinski definition) is 2. The average molecular weight is 313 g/mol. The van der Waals surface area contributed by atoms with Crippen molar-refractivity contribution < 1.29 is 4.79 Å². The number of nitrogens with one attached hydrogen (secondary N) is 2.